The molecule has 2 aromatic carbocycles. The summed E-state index contributed by atoms with van der Waals surface area (Å²) >= 11 is 0. The molecule has 1 aliphatic heterocycles. The maximum atomic E-state index is 14.0. The number of pyridine rings is 1. The van der Waals surface area contributed by atoms with E-state index in [1.165, 1.54) is 19.3 Å². The van der Waals surface area contributed by atoms with E-state index in [-0.39, 0.29) is 42.7 Å². The van der Waals surface area contributed by atoms with Crippen LogP contribution in [0, 0.1) is 5.92 Å². The highest BCUT2D eigenvalue weighted by Gasteiger charge is 2.34. The topological polar surface area (TPSA) is 86.8 Å². The number of benzene rings is 2. The van der Waals surface area contributed by atoms with Gasteiger partial charge in [0.05, 0.1) is 5.56 Å². The molecule has 2 N–H and O–H groups in total. The molecule has 0 radical (unpaired) electrons. The quantitative estimate of drug-likeness (QED) is 0.381. The van der Waals surface area contributed by atoms with E-state index < -0.39 is 17.7 Å². The summed E-state index contributed by atoms with van der Waals surface area (Å²) in [6.07, 6.45) is -1.35. The number of halogens is 3. The minimum atomic E-state index is -4.53. The smallest absolute Gasteiger partial charge is 0.416 e. The Hall–Kier alpha value is -3.96. The molecule has 1 fully saturated rings. The van der Waals surface area contributed by atoms with Crippen molar-refractivity contribution in [3.8, 4) is 11.5 Å². The highest BCUT2D eigenvalue weighted by molar-refractivity contribution is 5.93. The van der Waals surface area contributed by atoms with Gasteiger partial charge in [-0.25, -0.2) is 0 Å². The minimum absolute atomic E-state index is 0. The number of amides is 2. The fourth-order valence-corrected chi connectivity index (χ4v) is 5.43. The van der Waals surface area contributed by atoms with Crippen molar-refractivity contribution in [3.63, 3.8) is 0 Å². The summed E-state index contributed by atoms with van der Waals surface area (Å²) < 4.78 is 48.0. The second-order valence-electron chi connectivity index (χ2n) is 10.9. The summed E-state index contributed by atoms with van der Waals surface area (Å²) in [5.74, 6) is -0.0317. The van der Waals surface area contributed by atoms with Gasteiger partial charge in [0.25, 0.3) is 5.91 Å². The summed E-state index contributed by atoms with van der Waals surface area (Å²) in [7, 11) is 3.52. The Balaban J connectivity index is 0.00000423. The van der Waals surface area contributed by atoms with E-state index in [0.29, 0.717) is 43.9 Å². The summed E-state index contributed by atoms with van der Waals surface area (Å²) in [6.45, 7) is 3.27. The Labute approximate surface area is 250 Å². The van der Waals surface area contributed by atoms with Gasteiger partial charge in [0.2, 0.25) is 5.91 Å². The van der Waals surface area contributed by atoms with Gasteiger partial charge in [-0.1, -0.05) is 19.6 Å². The molecule has 5 rings (SSSR count). The molecule has 8 nitrogen and oxygen atoms in total. The lowest BCUT2D eigenvalue weighted by molar-refractivity contribution is -0.138. The number of aromatic nitrogens is 1. The molecular formula is C32H38F3N5O3. The number of carbonyl (C=O) groups excluding carboxylic acids is 2. The second-order valence-corrected chi connectivity index (χ2v) is 10.9. The van der Waals surface area contributed by atoms with Gasteiger partial charge in [0.1, 0.15) is 17.2 Å². The first kappa shape index (κ1) is 32.0. The Kier molecular flexibility index (Phi) is 10.1. The first-order valence-corrected chi connectivity index (χ1v) is 14.0. The average Bonchev–Trinajstić information content (AvgIpc) is 2.98. The molecule has 1 atom stereocenters. The molecule has 0 saturated carbocycles. The number of rotatable bonds is 7. The SMILES string of the molecule is C.CNC(=O)c1cc(Oc2ccc3c(c2)CC(C(=O)Nc2ccc(CN4CCN(C)CC4)c(C(F)(F)F)c2)CC3)ccn1. The van der Waals surface area contributed by atoms with E-state index in [2.05, 4.69) is 20.5 Å². The molecule has 1 aliphatic carbocycles. The van der Waals surface area contributed by atoms with Crippen molar-refractivity contribution in [2.24, 2.45) is 5.92 Å². The molecule has 0 spiro atoms. The molecule has 11 heteroatoms. The molecular weight excluding hydrogens is 559 g/mol. The molecule has 1 aromatic heterocycles. The number of ether oxygens (including phenoxy) is 1. The number of likely N-dealkylation sites (N-methyl/N-ethyl adjacent to an activating group) is 1. The van der Waals surface area contributed by atoms with Gasteiger partial charge in [0.15, 0.2) is 0 Å². The Morgan fingerprint density at radius 1 is 1.00 bits per heavy atom. The largest absolute Gasteiger partial charge is 0.457 e. The predicted octanol–water partition coefficient (Wildman–Crippen LogP) is 5.38. The highest BCUT2D eigenvalue weighted by atomic mass is 19.4. The van der Waals surface area contributed by atoms with Crippen LogP contribution in [0.25, 0.3) is 0 Å². The number of carbonyl (C=O) groups is 2. The third kappa shape index (κ3) is 7.91. The van der Waals surface area contributed by atoms with Gasteiger partial charge in [-0.2, -0.15) is 13.2 Å². The van der Waals surface area contributed by atoms with Crippen molar-refractivity contribution in [1.29, 1.82) is 0 Å². The van der Waals surface area contributed by atoms with Crippen molar-refractivity contribution in [2.45, 2.75) is 39.4 Å². The molecule has 3 aromatic rings. The summed E-state index contributed by atoms with van der Waals surface area (Å²) in [4.78, 5) is 33.3. The Morgan fingerprint density at radius 3 is 2.47 bits per heavy atom. The van der Waals surface area contributed by atoms with Gasteiger partial charge in [-0.15, -0.1) is 0 Å². The number of piperazine rings is 1. The number of hydrogen-bond donors (Lipinski definition) is 2. The van der Waals surface area contributed by atoms with Gasteiger partial charge < -0.3 is 20.3 Å². The summed E-state index contributed by atoms with van der Waals surface area (Å²) in [6, 6.07) is 12.9. The molecule has 230 valence electrons. The van der Waals surface area contributed by atoms with Gasteiger partial charge >= 0.3 is 6.18 Å². The predicted molar refractivity (Wildman–Crippen MR) is 159 cm³/mol. The number of nitrogens with one attached hydrogen (secondary N) is 2. The number of nitrogens with zero attached hydrogens (tertiary/aromatic N) is 3. The number of aryl methyl sites for hydroxylation is 1. The first-order chi connectivity index (χ1) is 20.1. The fourth-order valence-electron chi connectivity index (χ4n) is 5.43. The van der Waals surface area contributed by atoms with Crippen molar-refractivity contribution in [2.75, 3.05) is 45.6 Å². The van der Waals surface area contributed by atoms with Gasteiger partial charge in [0, 0.05) is 63.6 Å². The molecule has 2 aliphatic rings. The average molecular weight is 598 g/mol. The van der Waals surface area contributed by atoms with E-state index in [9.17, 15) is 22.8 Å². The number of hydrogen-bond acceptors (Lipinski definition) is 6. The van der Waals surface area contributed by atoms with Crippen LogP contribution < -0.4 is 15.4 Å². The Bertz CT molecular complexity index is 1450. The van der Waals surface area contributed by atoms with E-state index in [0.717, 1.165) is 30.3 Å². The highest BCUT2D eigenvalue weighted by Crippen LogP contribution is 2.36. The second kappa shape index (κ2) is 13.6. The van der Waals surface area contributed by atoms with E-state index in [1.54, 1.807) is 18.2 Å². The minimum Gasteiger partial charge on any atom is -0.457 e. The van der Waals surface area contributed by atoms with Crippen molar-refractivity contribution >= 4 is 17.5 Å². The lowest BCUT2D eigenvalue weighted by Gasteiger charge is -2.33. The van der Waals surface area contributed by atoms with Crippen LogP contribution in [0.1, 0.15) is 46.6 Å². The molecule has 43 heavy (non-hydrogen) atoms. The molecule has 2 heterocycles. The van der Waals surface area contributed by atoms with Crippen LogP contribution in [0.4, 0.5) is 18.9 Å². The zero-order valence-corrected chi connectivity index (χ0v) is 23.6. The number of alkyl halides is 3. The first-order valence-electron chi connectivity index (χ1n) is 14.0. The van der Waals surface area contributed by atoms with E-state index in [1.807, 2.05) is 30.1 Å². The maximum Gasteiger partial charge on any atom is 0.416 e. The van der Waals surface area contributed by atoms with Crippen LogP contribution in [-0.2, 0) is 30.4 Å². The standard InChI is InChI=1S/C31H34F3N5O3.CH4/c1-35-30(41)28-18-26(9-10-36-28)42-25-8-6-20-3-4-21(15-23(20)16-25)29(40)37-24-7-5-22(27(17-24)31(32,33)34)19-39-13-11-38(2)12-14-39;/h5-10,16-18,21H,3-4,11-15,19H2,1-2H3,(H,35,41)(H,37,40);1H4. The molecule has 0 bridgehead atoms. The van der Waals surface area contributed by atoms with E-state index in [4.69, 9.17) is 4.74 Å². The van der Waals surface area contributed by atoms with Crippen molar-refractivity contribution in [3.05, 3.63) is 82.7 Å². The third-order valence-electron chi connectivity index (χ3n) is 7.88. The van der Waals surface area contributed by atoms with Crippen LogP contribution in [-0.4, -0.2) is 66.9 Å². The number of anilines is 1. The monoisotopic (exact) mass is 597 g/mol. The Morgan fingerprint density at radius 2 is 1.74 bits per heavy atom. The zero-order chi connectivity index (χ0) is 29.9. The van der Waals surface area contributed by atoms with Crippen LogP contribution in [0.5, 0.6) is 11.5 Å². The van der Waals surface area contributed by atoms with Crippen LogP contribution in [0.3, 0.4) is 0 Å². The van der Waals surface area contributed by atoms with Crippen molar-refractivity contribution < 1.29 is 27.5 Å². The van der Waals surface area contributed by atoms with Gasteiger partial charge in [-0.3, -0.25) is 19.5 Å². The molecule has 1 unspecified atom stereocenters. The molecule has 2 amide bonds. The van der Waals surface area contributed by atoms with Crippen LogP contribution >= 0.6 is 0 Å². The van der Waals surface area contributed by atoms with E-state index >= 15 is 0 Å². The third-order valence-corrected chi connectivity index (χ3v) is 7.88. The van der Waals surface area contributed by atoms with Crippen molar-refractivity contribution in [1.82, 2.24) is 20.1 Å². The lowest BCUT2D eigenvalue weighted by atomic mass is 9.83. The fraction of sp³-hybridized carbons (Fsp3) is 0.406. The van der Waals surface area contributed by atoms with Crippen LogP contribution in [0.2, 0.25) is 0 Å². The normalized spacial score (nSPS) is 17.4. The zero-order valence-electron chi connectivity index (χ0n) is 23.6. The molecule has 1 saturated heterocycles. The number of fused-ring (bicyclic) bond motifs is 1. The van der Waals surface area contributed by atoms with Crippen LogP contribution in [0.15, 0.2) is 54.7 Å². The maximum absolute atomic E-state index is 14.0. The summed E-state index contributed by atoms with van der Waals surface area (Å²) in [5, 5.41) is 5.26. The van der Waals surface area contributed by atoms with Gasteiger partial charge in [-0.05, 0) is 73.3 Å². The summed E-state index contributed by atoms with van der Waals surface area (Å²) in [5.41, 5.74) is 1.90. The lowest BCUT2D eigenvalue weighted by Crippen LogP contribution is -2.44.